The number of carbonyl (C=O) groups is 1. The Hall–Kier alpha value is -2.37. The normalized spacial score (nSPS) is 16.8. The van der Waals surface area contributed by atoms with Gasteiger partial charge in [-0.2, -0.15) is 0 Å². The van der Waals surface area contributed by atoms with Crippen LogP contribution in [0.25, 0.3) is 0 Å². The van der Waals surface area contributed by atoms with Crippen LogP contribution in [-0.4, -0.2) is 38.3 Å². The summed E-state index contributed by atoms with van der Waals surface area (Å²) < 4.78 is 5.39. The van der Waals surface area contributed by atoms with E-state index in [0.717, 1.165) is 32.0 Å². The van der Waals surface area contributed by atoms with E-state index in [4.69, 9.17) is 4.74 Å². The summed E-state index contributed by atoms with van der Waals surface area (Å²) in [5.74, 6) is 0.0203. The Balaban J connectivity index is 1.53. The van der Waals surface area contributed by atoms with Crippen molar-refractivity contribution in [3.63, 3.8) is 0 Å². The van der Waals surface area contributed by atoms with Gasteiger partial charge in [-0.25, -0.2) is 0 Å². The van der Waals surface area contributed by atoms with E-state index in [1.54, 1.807) is 0 Å². The van der Waals surface area contributed by atoms with Crippen LogP contribution in [-0.2, 0) is 9.53 Å². The van der Waals surface area contributed by atoms with Crippen LogP contribution in [0.5, 0.6) is 0 Å². The molecule has 1 amide bonds. The molecule has 1 saturated heterocycles. The van der Waals surface area contributed by atoms with Gasteiger partial charge in [0.25, 0.3) is 5.91 Å². The van der Waals surface area contributed by atoms with E-state index in [1.807, 2.05) is 37.3 Å². The minimum absolute atomic E-state index is 0.0203. The number of anilines is 2. The maximum absolute atomic E-state index is 12.5. The molecule has 0 aromatic heterocycles. The summed E-state index contributed by atoms with van der Waals surface area (Å²) in [6.07, 6.45) is 0. The Bertz CT molecular complexity index is 697. The molecule has 3 rings (SSSR count). The molecule has 1 fully saturated rings. The molecule has 0 bridgehead atoms. The fourth-order valence-electron chi connectivity index (χ4n) is 3.22. The van der Waals surface area contributed by atoms with Gasteiger partial charge in [-0.05, 0) is 38.1 Å². The standard InChI is InChI=1S/C21H27N3O2/c1-16(18-6-4-3-5-7-18)22-17(2)21(25)23-19-8-10-20(11-9-19)24-12-14-26-15-13-24/h3-11,16-17,22H,12-15H2,1-2H3,(H,23,25)/p+1/t16-,17-/m1/s1. The number of nitrogens with zero attached hydrogens (tertiary/aromatic N) is 1. The SMILES string of the molecule is C[C@@H]([NH2+][C@H](C)c1ccccc1)C(=O)Nc1ccc(N2CCOCC2)cc1. The molecule has 0 radical (unpaired) electrons. The molecule has 5 nitrogen and oxygen atoms in total. The van der Waals surface area contributed by atoms with Crippen molar-refractivity contribution in [1.82, 2.24) is 0 Å². The number of nitrogens with one attached hydrogen (secondary N) is 1. The van der Waals surface area contributed by atoms with Crippen molar-refractivity contribution in [2.24, 2.45) is 0 Å². The second kappa shape index (κ2) is 8.83. The predicted octanol–water partition coefficient (Wildman–Crippen LogP) is 2.17. The molecule has 0 spiro atoms. The summed E-state index contributed by atoms with van der Waals surface area (Å²) in [6.45, 7) is 7.42. The summed E-state index contributed by atoms with van der Waals surface area (Å²) in [7, 11) is 0. The Morgan fingerprint density at radius 2 is 1.69 bits per heavy atom. The van der Waals surface area contributed by atoms with Crippen LogP contribution >= 0.6 is 0 Å². The zero-order valence-corrected chi connectivity index (χ0v) is 15.5. The number of ether oxygens (including phenoxy) is 1. The third-order valence-corrected chi connectivity index (χ3v) is 4.83. The van der Waals surface area contributed by atoms with Gasteiger partial charge in [-0.15, -0.1) is 0 Å². The molecule has 138 valence electrons. The number of amides is 1. The van der Waals surface area contributed by atoms with Crippen LogP contribution in [0.4, 0.5) is 11.4 Å². The first kappa shape index (κ1) is 18.4. The van der Waals surface area contributed by atoms with E-state index in [1.165, 1.54) is 11.3 Å². The highest BCUT2D eigenvalue weighted by Crippen LogP contribution is 2.19. The van der Waals surface area contributed by atoms with E-state index in [2.05, 4.69) is 46.7 Å². The minimum atomic E-state index is -0.163. The van der Waals surface area contributed by atoms with Crippen LogP contribution in [0.15, 0.2) is 54.6 Å². The van der Waals surface area contributed by atoms with Gasteiger partial charge in [-0.3, -0.25) is 4.79 Å². The Kier molecular flexibility index (Phi) is 6.26. The fraction of sp³-hybridized carbons (Fsp3) is 0.381. The van der Waals surface area contributed by atoms with Crippen molar-refractivity contribution in [1.29, 1.82) is 0 Å². The lowest BCUT2D eigenvalue weighted by Gasteiger charge is -2.28. The van der Waals surface area contributed by atoms with Gasteiger partial charge >= 0.3 is 0 Å². The van der Waals surface area contributed by atoms with Gasteiger partial charge in [0.15, 0.2) is 6.04 Å². The van der Waals surface area contributed by atoms with Gasteiger partial charge in [0, 0.05) is 30.0 Å². The summed E-state index contributed by atoms with van der Waals surface area (Å²) in [6, 6.07) is 18.4. The van der Waals surface area contributed by atoms with Crippen molar-refractivity contribution >= 4 is 17.3 Å². The third kappa shape index (κ3) is 4.84. The number of quaternary nitrogens is 1. The Morgan fingerprint density at radius 3 is 2.35 bits per heavy atom. The molecule has 3 N–H and O–H groups in total. The van der Waals surface area contributed by atoms with E-state index >= 15 is 0 Å². The lowest BCUT2D eigenvalue weighted by molar-refractivity contribution is -0.709. The monoisotopic (exact) mass is 354 g/mol. The number of hydrogen-bond acceptors (Lipinski definition) is 3. The minimum Gasteiger partial charge on any atom is -0.378 e. The van der Waals surface area contributed by atoms with Crippen LogP contribution in [0.3, 0.4) is 0 Å². The molecular weight excluding hydrogens is 326 g/mol. The second-order valence-electron chi connectivity index (χ2n) is 6.82. The quantitative estimate of drug-likeness (QED) is 0.836. The van der Waals surface area contributed by atoms with E-state index in [9.17, 15) is 4.79 Å². The van der Waals surface area contributed by atoms with Crippen molar-refractivity contribution in [3.05, 3.63) is 60.2 Å². The van der Waals surface area contributed by atoms with Gasteiger partial charge in [0.1, 0.15) is 6.04 Å². The number of carbonyl (C=O) groups excluding carboxylic acids is 1. The molecule has 0 saturated carbocycles. The topological polar surface area (TPSA) is 58.2 Å². The number of benzene rings is 2. The molecule has 2 atom stereocenters. The van der Waals surface area contributed by atoms with Crippen molar-refractivity contribution < 1.29 is 14.8 Å². The first-order chi connectivity index (χ1) is 12.6. The number of nitrogens with two attached hydrogens (primary N) is 1. The van der Waals surface area contributed by atoms with Crippen LogP contribution in [0, 0.1) is 0 Å². The van der Waals surface area contributed by atoms with E-state index in [-0.39, 0.29) is 18.0 Å². The highest BCUT2D eigenvalue weighted by molar-refractivity contribution is 5.93. The first-order valence-corrected chi connectivity index (χ1v) is 9.27. The predicted molar refractivity (Wildman–Crippen MR) is 104 cm³/mol. The van der Waals surface area contributed by atoms with Gasteiger partial charge in [-0.1, -0.05) is 30.3 Å². The zero-order chi connectivity index (χ0) is 18.4. The molecule has 1 heterocycles. The number of hydrogen-bond donors (Lipinski definition) is 2. The third-order valence-electron chi connectivity index (χ3n) is 4.83. The molecular formula is C21H28N3O2+. The maximum Gasteiger partial charge on any atom is 0.282 e. The average Bonchev–Trinajstić information content (AvgIpc) is 2.70. The lowest BCUT2D eigenvalue weighted by atomic mass is 10.1. The molecule has 0 unspecified atom stereocenters. The molecule has 1 aliphatic rings. The zero-order valence-electron chi connectivity index (χ0n) is 15.5. The smallest absolute Gasteiger partial charge is 0.282 e. The summed E-state index contributed by atoms with van der Waals surface area (Å²) in [5, 5.41) is 5.11. The average molecular weight is 354 g/mol. The Labute approximate surface area is 155 Å². The van der Waals surface area contributed by atoms with Crippen molar-refractivity contribution in [2.45, 2.75) is 25.9 Å². The largest absolute Gasteiger partial charge is 0.378 e. The van der Waals surface area contributed by atoms with Gasteiger partial charge in [0.05, 0.1) is 13.2 Å². The summed E-state index contributed by atoms with van der Waals surface area (Å²) >= 11 is 0. The molecule has 5 heteroatoms. The summed E-state index contributed by atoms with van der Waals surface area (Å²) in [5.41, 5.74) is 3.23. The molecule has 2 aromatic rings. The van der Waals surface area contributed by atoms with Crippen LogP contribution in [0.2, 0.25) is 0 Å². The number of rotatable bonds is 6. The lowest BCUT2D eigenvalue weighted by Crippen LogP contribution is -2.91. The fourth-order valence-corrected chi connectivity index (χ4v) is 3.22. The molecule has 0 aliphatic carbocycles. The van der Waals surface area contributed by atoms with E-state index in [0.29, 0.717) is 0 Å². The molecule has 1 aliphatic heterocycles. The van der Waals surface area contributed by atoms with Gasteiger partial charge < -0.3 is 20.3 Å². The van der Waals surface area contributed by atoms with Crippen molar-refractivity contribution in [3.8, 4) is 0 Å². The van der Waals surface area contributed by atoms with E-state index < -0.39 is 0 Å². The second-order valence-corrected chi connectivity index (χ2v) is 6.82. The highest BCUT2D eigenvalue weighted by atomic mass is 16.5. The van der Waals surface area contributed by atoms with Gasteiger partial charge in [0.2, 0.25) is 0 Å². The molecule has 26 heavy (non-hydrogen) atoms. The first-order valence-electron chi connectivity index (χ1n) is 9.27. The molecule has 2 aromatic carbocycles. The maximum atomic E-state index is 12.5. The van der Waals surface area contributed by atoms with Crippen molar-refractivity contribution in [2.75, 3.05) is 36.5 Å². The highest BCUT2D eigenvalue weighted by Gasteiger charge is 2.20. The summed E-state index contributed by atoms with van der Waals surface area (Å²) in [4.78, 5) is 14.8. The number of morpholine rings is 1. The van der Waals surface area contributed by atoms with Crippen LogP contribution < -0.4 is 15.5 Å². The van der Waals surface area contributed by atoms with Crippen LogP contribution in [0.1, 0.15) is 25.5 Å². The Morgan fingerprint density at radius 1 is 1.04 bits per heavy atom.